The van der Waals surface area contributed by atoms with Crippen LogP contribution in [0.25, 0.3) is 0 Å². The van der Waals surface area contributed by atoms with E-state index >= 15 is 0 Å². The Bertz CT molecular complexity index is 787. The molecule has 1 heterocycles. The second-order valence-corrected chi connectivity index (χ2v) is 7.76. The number of hydrogen-bond acceptors (Lipinski definition) is 7. The van der Waals surface area contributed by atoms with E-state index in [2.05, 4.69) is 5.32 Å². The average molecular weight is 418 g/mol. The van der Waals surface area contributed by atoms with E-state index in [1.807, 2.05) is 42.5 Å². The minimum Gasteiger partial charge on any atom is -0.504 e. The number of rotatable bonds is 9. The largest absolute Gasteiger partial charge is 0.504 e. The van der Waals surface area contributed by atoms with Gasteiger partial charge in [0.05, 0.1) is 19.8 Å². The molecule has 2 aromatic carbocycles. The summed E-state index contributed by atoms with van der Waals surface area (Å²) < 4.78 is 10.8. The number of aryl methyl sites for hydroxylation is 1. The number of aromatic hydroxyl groups is 1. The predicted octanol–water partition coefficient (Wildman–Crippen LogP) is 1.36. The Morgan fingerprint density at radius 3 is 2.57 bits per heavy atom. The van der Waals surface area contributed by atoms with Gasteiger partial charge in [0.2, 0.25) is 0 Å². The van der Waals surface area contributed by atoms with Crippen LogP contribution < -0.4 is 10.1 Å². The van der Waals surface area contributed by atoms with E-state index in [4.69, 9.17) is 9.47 Å². The summed E-state index contributed by atoms with van der Waals surface area (Å²) in [4.78, 5) is 0. The molecule has 0 spiro atoms. The summed E-state index contributed by atoms with van der Waals surface area (Å²) in [5.74, 6) is 0.538. The van der Waals surface area contributed by atoms with Crippen molar-refractivity contribution in [2.24, 2.45) is 0 Å². The Morgan fingerprint density at radius 2 is 1.83 bits per heavy atom. The zero-order chi connectivity index (χ0) is 21.5. The molecule has 5 atom stereocenters. The summed E-state index contributed by atoms with van der Waals surface area (Å²) in [5.41, 5.74) is 2.17. The van der Waals surface area contributed by atoms with Gasteiger partial charge in [0.1, 0.15) is 18.3 Å². The van der Waals surface area contributed by atoms with Crippen LogP contribution in [-0.2, 0) is 17.7 Å². The van der Waals surface area contributed by atoms with Crippen molar-refractivity contribution in [3.05, 3.63) is 59.7 Å². The van der Waals surface area contributed by atoms with E-state index in [1.165, 1.54) is 7.11 Å². The maximum absolute atomic E-state index is 10.3. The molecule has 2 aromatic rings. The standard InChI is InChI=1S/C23H31NO6/c1-29-20-11-15(8-10-18(20)25)7-9-17(24-13-16-5-3-2-4-6-16)12-21-23(28)22(27)19(26)14-30-21/h2-6,8,10-11,17,19,21-28H,7,9,12-14H2,1H3. The quantitative estimate of drug-likeness (QED) is 0.419. The maximum Gasteiger partial charge on any atom is 0.160 e. The van der Waals surface area contributed by atoms with Gasteiger partial charge in [-0.25, -0.2) is 0 Å². The fourth-order valence-electron chi connectivity index (χ4n) is 3.73. The first kappa shape index (κ1) is 22.5. The lowest BCUT2D eigenvalue weighted by Gasteiger charge is -2.37. The van der Waals surface area contributed by atoms with Crippen molar-refractivity contribution in [2.75, 3.05) is 13.7 Å². The number of ether oxygens (including phenoxy) is 2. The third-order valence-electron chi connectivity index (χ3n) is 5.59. The fourth-order valence-corrected chi connectivity index (χ4v) is 3.73. The lowest BCUT2D eigenvalue weighted by molar-refractivity contribution is -0.189. The molecule has 1 aliphatic rings. The molecule has 0 radical (unpaired) electrons. The highest BCUT2D eigenvalue weighted by Gasteiger charge is 2.38. The molecular formula is C23H31NO6. The molecule has 0 saturated carbocycles. The van der Waals surface area contributed by atoms with Gasteiger partial charge in [0.25, 0.3) is 0 Å². The van der Waals surface area contributed by atoms with Gasteiger partial charge in [0, 0.05) is 12.6 Å². The van der Waals surface area contributed by atoms with Crippen molar-refractivity contribution in [3.63, 3.8) is 0 Å². The molecule has 5 unspecified atom stereocenters. The highest BCUT2D eigenvalue weighted by atomic mass is 16.5. The zero-order valence-electron chi connectivity index (χ0n) is 17.1. The van der Waals surface area contributed by atoms with Crippen LogP contribution in [0.5, 0.6) is 11.5 Å². The van der Waals surface area contributed by atoms with Crippen LogP contribution in [0, 0.1) is 0 Å². The van der Waals surface area contributed by atoms with E-state index in [-0.39, 0.29) is 18.4 Å². The number of aliphatic hydroxyl groups excluding tert-OH is 3. The Morgan fingerprint density at radius 1 is 1.07 bits per heavy atom. The smallest absolute Gasteiger partial charge is 0.160 e. The average Bonchev–Trinajstić information content (AvgIpc) is 2.77. The van der Waals surface area contributed by atoms with Crippen molar-refractivity contribution in [1.82, 2.24) is 5.32 Å². The van der Waals surface area contributed by atoms with Crippen LogP contribution in [-0.4, -0.2) is 64.6 Å². The van der Waals surface area contributed by atoms with Crippen LogP contribution in [0.3, 0.4) is 0 Å². The SMILES string of the molecule is COc1cc(CCC(CC2OCC(O)C(O)C2O)NCc2ccccc2)ccc1O. The molecule has 0 amide bonds. The number of nitrogens with one attached hydrogen (secondary N) is 1. The van der Waals surface area contributed by atoms with Crippen LogP contribution >= 0.6 is 0 Å². The van der Waals surface area contributed by atoms with E-state index < -0.39 is 24.4 Å². The summed E-state index contributed by atoms with van der Waals surface area (Å²) in [6.45, 7) is 0.669. The van der Waals surface area contributed by atoms with E-state index in [0.29, 0.717) is 18.7 Å². The van der Waals surface area contributed by atoms with Gasteiger partial charge in [-0.3, -0.25) is 0 Å². The number of aliphatic hydroxyl groups is 3. The Labute approximate surface area is 176 Å². The lowest BCUT2D eigenvalue weighted by atomic mass is 9.92. The minimum atomic E-state index is -1.21. The minimum absolute atomic E-state index is 0.00343. The van der Waals surface area contributed by atoms with Crippen molar-refractivity contribution in [1.29, 1.82) is 0 Å². The first-order valence-electron chi connectivity index (χ1n) is 10.3. The van der Waals surface area contributed by atoms with Gasteiger partial charge in [-0.15, -0.1) is 0 Å². The lowest BCUT2D eigenvalue weighted by Crippen LogP contribution is -2.54. The monoisotopic (exact) mass is 417 g/mol. The summed E-state index contributed by atoms with van der Waals surface area (Å²) in [6.07, 6.45) is -2.00. The first-order chi connectivity index (χ1) is 14.5. The number of phenols is 1. The fraction of sp³-hybridized carbons (Fsp3) is 0.478. The number of hydrogen-bond donors (Lipinski definition) is 5. The molecule has 1 fully saturated rings. The molecule has 5 N–H and O–H groups in total. The van der Waals surface area contributed by atoms with Gasteiger partial charge in [-0.2, -0.15) is 0 Å². The second-order valence-electron chi connectivity index (χ2n) is 7.76. The second kappa shape index (κ2) is 10.7. The molecule has 30 heavy (non-hydrogen) atoms. The third-order valence-corrected chi connectivity index (χ3v) is 5.59. The van der Waals surface area contributed by atoms with Crippen molar-refractivity contribution >= 4 is 0 Å². The van der Waals surface area contributed by atoms with Gasteiger partial charge < -0.3 is 35.2 Å². The van der Waals surface area contributed by atoms with Gasteiger partial charge in [-0.1, -0.05) is 36.4 Å². The highest BCUT2D eigenvalue weighted by Crippen LogP contribution is 2.27. The van der Waals surface area contributed by atoms with Crippen molar-refractivity contribution < 1.29 is 29.9 Å². The van der Waals surface area contributed by atoms with Gasteiger partial charge in [0.15, 0.2) is 11.5 Å². The molecule has 7 nitrogen and oxygen atoms in total. The summed E-state index contributed by atoms with van der Waals surface area (Å²) >= 11 is 0. The van der Waals surface area contributed by atoms with E-state index in [9.17, 15) is 20.4 Å². The Hall–Kier alpha value is -2.16. The van der Waals surface area contributed by atoms with Crippen molar-refractivity contribution in [2.45, 2.75) is 56.3 Å². The van der Waals surface area contributed by atoms with Gasteiger partial charge >= 0.3 is 0 Å². The number of phenolic OH excluding ortho intramolecular Hbond substituents is 1. The third kappa shape index (κ3) is 5.93. The highest BCUT2D eigenvalue weighted by molar-refractivity contribution is 5.41. The maximum atomic E-state index is 10.3. The number of benzene rings is 2. The summed E-state index contributed by atoms with van der Waals surface area (Å²) in [7, 11) is 1.52. The van der Waals surface area contributed by atoms with E-state index in [0.717, 1.165) is 24.0 Å². The molecule has 7 heteroatoms. The van der Waals surface area contributed by atoms with Crippen LogP contribution in [0.15, 0.2) is 48.5 Å². The summed E-state index contributed by atoms with van der Waals surface area (Å²) in [6, 6.07) is 15.3. The molecule has 0 aromatic heterocycles. The molecule has 164 valence electrons. The normalized spacial score (nSPS) is 25.1. The molecule has 1 aliphatic heterocycles. The predicted molar refractivity (Wildman–Crippen MR) is 112 cm³/mol. The topological polar surface area (TPSA) is 111 Å². The molecule has 0 aliphatic carbocycles. The van der Waals surface area contributed by atoms with Crippen LogP contribution in [0.4, 0.5) is 0 Å². The van der Waals surface area contributed by atoms with Gasteiger partial charge in [-0.05, 0) is 42.5 Å². The first-order valence-corrected chi connectivity index (χ1v) is 10.3. The van der Waals surface area contributed by atoms with Crippen molar-refractivity contribution in [3.8, 4) is 11.5 Å². The molecule has 1 saturated heterocycles. The van der Waals surface area contributed by atoms with Crippen LogP contribution in [0.1, 0.15) is 24.0 Å². The molecule has 3 rings (SSSR count). The Kier molecular flexibility index (Phi) is 8.07. The van der Waals surface area contributed by atoms with E-state index in [1.54, 1.807) is 6.07 Å². The Balaban J connectivity index is 1.65. The molecule has 0 bridgehead atoms. The molecular weight excluding hydrogens is 386 g/mol. The number of methoxy groups -OCH3 is 1. The zero-order valence-corrected chi connectivity index (χ0v) is 17.1. The summed E-state index contributed by atoms with van der Waals surface area (Å²) in [5, 5.41) is 43.3. The van der Waals surface area contributed by atoms with Crippen LogP contribution in [0.2, 0.25) is 0 Å².